The molecular formula is C38H35BO2. The highest BCUT2D eigenvalue weighted by molar-refractivity contribution is 6.39. The molecule has 0 saturated heterocycles. The van der Waals surface area contributed by atoms with E-state index < -0.39 is 11.2 Å². The maximum atomic E-state index is 10.7. The van der Waals surface area contributed by atoms with E-state index in [1.165, 1.54) is 61.1 Å². The number of aliphatic hydroxyl groups is 1. The zero-order chi connectivity index (χ0) is 28.4. The Labute approximate surface area is 244 Å². The highest BCUT2D eigenvalue weighted by Gasteiger charge is 2.52. The van der Waals surface area contributed by atoms with E-state index in [1.807, 2.05) is 27.7 Å². The van der Waals surface area contributed by atoms with Crippen LogP contribution in [0.5, 0.6) is 0 Å². The Kier molecular flexibility index (Phi) is 5.90. The average molecular weight is 535 g/mol. The maximum absolute atomic E-state index is 10.7. The van der Waals surface area contributed by atoms with Gasteiger partial charge in [-0.25, -0.2) is 0 Å². The molecule has 1 atom stereocenters. The van der Waals surface area contributed by atoms with Crippen LogP contribution in [-0.4, -0.2) is 23.8 Å². The zero-order valence-electron chi connectivity index (χ0n) is 24.2. The van der Waals surface area contributed by atoms with E-state index in [2.05, 4.69) is 115 Å². The standard InChI is InChI=1S/C38H35BO2/c1-36(2,40)37(3,4)41-39-27-15-12-20-34-31(24-27)29-17-9-11-19-33(29)38(34)32-18-10-8-16-28(32)30-22-21-26(23-35(30)38)25-13-6-5-7-14-25/h5-23,39-40H,24H2,1-4H3. The Morgan fingerprint density at radius 2 is 1.34 bits per heavy atom. The molecule has 7 rings (SSSR count). The lowest BCUT2D eigenvalue weighted by Gasteiger charge is -2.37. The van der Waals surface area contributed by atoms with Crippen molar-refractivity contribution >= 4 is 13.1 Å². The van der Waals surface area contributed by atoms with Crippen molar-refractivity contribution in [3.05, 3.63) is 149 Å². The first-order chi connectivity index (χ1) is 19.7. The largest absolute Gasteiger partial charge is 0.427 e. The number of rotatable bonds is 5. The second kappa shape index (κ2) is 9.31. The second-order valence-electron chi connectivity index (χ2n) is 12.6. The van der Waals surface area contributed by atoms with E-state index in [9.17, 15) is 5.11 Å². The van der Waals surface area contributed by atoms with Gasteiger partial charge in [0, 0.05) is 0 Å². The highest BCUT2D eigenvalue weighted by Crippen LogP contribution is 2.63. The first-order valence-electron chi connectivity index (χ1n) is 14.6. The molecule has 41 heavy (non-hydrogen) atoms. The van der Waals surface area contributed by atoms with Crippen molar-refractivity contribution in [2.75, 3.05) is 0 Å². The van der Waals surface area contributed by atoms with Crippen molar-refractivity contribution in [3.63, 3.8) is 0 Å². The van der Waals surface area contributed by atoms with E-state index in [1.54, 1.807) is 0 Å². The predicted molar refractivity (Wildman–Crippen MR) is 171 cm³/mol. The SMILES string of the molecule is CC(C)(O)C(C)(C)OBC1=CC=CC2=C(C1)c1ccccc1C21c2ccccc2-c2ccc(-c3ccccc3)cc21. The van der Waals surface area contributed by atoms with Crippen molar-refractivity contribution in [1.29, 1.82) is 0 Å². The molecule has 202 valence electrons. The van der Waals surface area contributed by atoms with Gasteiger partial charge in [0.05, 0.1) is 16.6 Å². The summed E-state index contributed by atoms with van der Waals surface area (Å²) in [4.78, 5) is 0. The molecule has 0 heterocycles. The first kappa shape index (κ1) is 26.0. The fourth-order valence-corrected chi connectivity index (χ4v) is 6.79. The van der Waals surface area contributed by atoms with Crippen LogP contribution in [0.1, 0.15) is 56.4 Å². The molecule has 4 aromatic rings. The minimum atomic E-state index is -0.948. The Bertz CT molecular complexity index is 1770. The number of hydrogen-bond acceptors (Lipinski definition) is 2. The van der Waals surface area contributed by atoms with Crippen LogP contribution in [-0.2, 0) is 10.1 Å². The third kappa shape index (κ3) is 3.87. The van der Waals surface area contributed by atoms with Crippen molar-refractivity contribution < 1.29 is 9.76 Å². The molecule has 0 aliphatic heterocycles. The fourth-order valence-electron chi connectivity index (χ4n) is 6.79. The lowest BCUT2D eigenvalue weighted by molar-refractivity contribution is -0.0897. The summed E-state index contributed by atoms with van der Waals surface area (Å²) in [5.74, 6) is 0. The van der Waals surface area contributed by atoms with Gasteiger partial charge < -0.3 is 9.76 Å². The summed E-state index contributed by atoms with van der Waals surface area (Å²) < 4.78 is 6.34. The molecule has 4 aromatic carbocycles. The van der Waals surface area contributed by atoms with E-state index in [-0.39, 0.29) is 5.41 Å². The minimum Gasteiger partial charge on any atom is -0.427 e. The van der Waals surface area contributed by atoms with Gasteiger partial charge in [0.25, 0.3) is 0 Å². The molecule has 1 spiro atoms. The molecule has 3 aliphatic rings. The van der Waals surface area contributed by atoms with Crippen LogP contribution in [0.15, 0.2) is 126 Å². The number of allylic oxidation sites excluding steroid dienone is 6. The van der Waals surface area contributed by atoms with Crippen LogP contribution in [0.4, 0.5) is 0 Å². The molecule has 3 aliphatic carbocycles. The number of fused-ring (bicyclic) bond motifs is 9. The lowest BCUT2D eigenvalue weighted by Crippen LogP contribution is -2.48. The van der Waals surface area contributed by atoms with Gasteiger partial charge in [-0.2, -0.15) is 0 Å². The molecule has 1 N–H and O–H groups in total. The molecule has 1 unspecified atom stereocenters. The second-order valence-corrected chi connectivity index (χ2v) is 12.6. The van der Waals surface area contributed by atoms with Crippen molar-refractivity contribution in [2.24, 2.45) is 0 Å². The topological polar surface area (TPSA) is 29.5 Å². The molecule has 0 bridgehead atoms. The average Bonchev–Trinajstić information content (AvgIpc) is 3.30. The third-order valence-electron chi connectivity index (χ3n) is 9.63. The summed E-state index contributed by atoms with van der Waals surface area (Å²) in [5, 5.41) is 10.7. The summed E-state index contributed by atoms with van der Waals surface area (Å²) in [6.07, 6.45) is 7.55. The third-order valence-corrected chi connectivity index (χ3v) is 9.63. The van der Waals surface area contributed by atoms with Crippen LogP contribution < -0.4 is 0 Å². The molecule has 0 amide bonds. The Morgan fingerprint density at radius 3 is 2.07 bits per heavy atom. The van der Waals surface area contributed by atoms with Crippen molar-refractivity contribution in [3.8, 4) is 22.3 Å². The van der Waals surface area contributed by atoms with Crippen LogP contribution in [0.2, 0.25) is 0 Å². The maximum Gasteiger partial charge on any atom is 0.305 e. The predicted octanol–water partition coefficient (Wildman–Crippen LogP) is 8.20. The normalized spacial score (nSPS) is 18.9. The van der Waals surface area contributed by atoms with Gasteiger partial charge in [-0.05, 0) is 95.8 Å². The first-order valence-corrected chi connectivity index (χ1v) is 14.6. The lowest BCUT2D eigenvalue weighted by atomic mass is 9.69. The van der Waals surface area contributed by atoms with E-state index >= 15 is 0 Å². The summed E-state index contributed by atoms with van der Waals surface area (Å²) >= 11 is 0. The van der Waals surface area contributed by atoms with Gasteiger partial charge in [0.1, 0.15) is 0 Å². The summed E-state index contributed by atoms with van der Waals surface area (Å²) in [7, 11) is 0.471. The van der Waals surface area contributed by atoms with Gasteiger partial charge in [-0.3, -0.25) is 0 Å². The van der Waals surface area contributed by atoms with Gasteiger partial charge in [-0.15, -0.1) is 0 Å². The van der Waals surface area contributed by atoms with Crippen molar-refractivity contribution in [1.82, 2.24) is 0 Å². The molecule has 0 aromatic heterocycles. The molecule has 3 heteroatoms. The van der Waals surface area contributed by atoms with E-state index in [4.69, 9.17) is 4.65 Å². The van der Waals surface area contributed by atoms with Gasteiger partial charge >= 0.3 is 7.48 Å². The minimum absolute atomic E-state index is 0.379. The summed E-state index contributed by atoms with van der Waals surface area (Å²) in [6.45, 7) is 7.54. The smallest absolute Gasteiger partial charge is 0.305 e. The molecule has 0 fully saturated rings. The van der Waals surface area contributed by atoms with Crippen LogP contribution in [0.25, 0.3) is 27.8 Å². The molecule has 0 saturated carbocycles. The zero-order valence-corrected chi connectivity index (χ0v) is 24.2. The Hall–Kier alpha value is -3.92. The fraction of sp³-hybridized carbons (Fsp3) is 0.211. The molecule has 0 radical (unpaired) electrons. The Balaban J connectivity index is 1.41. The van der Waals surface area contributed by atoms with Crippen LogP contribution >= 0.6 is 0 Å². The van der Waals surface area contributed by atoms with E-state index in [0.717, 1.165) is 6.42 Å². The molecule has 2 nitrogen and oxygen atoms in total. The summed E-state index contributed by atoms with van der Waals surface area (Å²) in [6, 6.07) is 35.6. The number of hydrogen-bond donors (Lipinski definition) is 1. The monoisotopic (exact) mass is 534 g/mol. The quantitative estimate of drug-likeness (QED) is 0.262. The summed E-state index contributed by atoms with van der Waals surface area (Å²) in [5.41, 5.74) is 12.4. The van der Waals surface area contributed by atoms with Crippen LogP contribution in [0, 0.1) is 0 Å². The van der Waals surface area contributed by atoms with Crippen molar-refractivity contribution in [2.45, 2.75) is 50.7 Å². The molecular weight excluding hydrogens is 499 g/mol. The van der Waals surface area contributed by atoms with Gasteiger partial charge in [0.15, 0.2) is 0 Å². The van der Waals surface area contributed by atoms with Crippen LogP contribution in [0.3, 0.4) is 0 Å². The number of benzene rings is 4. The Morgan fingerprint density at radius 1 is 0.707 bits per heavy atom. The van der Waals surface area contributed by atoms with Gasteiger partial charge in [0.2, 0.25) is 0 Å². The highest BCUT2D eigenvalue weighted by atomic mass is 16.5. The van der Waals surface area contributed by atoms with Gasteiger partial charge in [-0.1, -0.05) is 115 Å². The van der Waals surface area contributed by atoms with E-state index in [0.29, 0.717) is 7.48 Å².